The quantitative estimate of drug-likeness (QED) is 0.633. The first-order valence-corrected chi connectivity index (χ1v) is 6.86. The molecule has 0 amide bonds. The largest absolute Gasteiger partial charge is 0.497 e. The molecule has 4 heteroatoms. The average molecular weight is 262 g/mol. The Labute approximate surface area is 114 Å². The maximum Gasteiger partial charge on any atom is 0.133 e. The van der Waals surface area contributed by atoms with E-state index in [1.54, 1.807) is 25.3 Å². The summed E-state index contributed by atoms with van der Waals surface area (Å²) in [5.41, 5.74) is 6.21. The highest BCUT2D eigenvalue weighted by molar-refractivity contribution is 5.97. The molecule has 0 atom stereocenters. The van der Waals surface area contributed by atoms with E-state index in [4.69, 9.17) is 20.6 Å². The molecular formula is C15H22N2O2. The molecule has 0 radical (unpaired) electrons. The van der Waals surface area contributed by atoms with Crippen LogP contribution < -0.4 is 15.2 Å². The van der Waals surface area contributed by atoms with Crippen molar-refractivity contribution < 1.29 is 9.47 Å². The normalized spacial score (nSPS) is 16.1. The molecule has 19 heavy (non-hydrogen) atoms. The van der Waals surface area contributed by atoms with Gasteiger partial charge in [-0.05, 0) is 30.9 Å². The van der Waals surface area contributed by atoms with Crippen molar-refractivity contribution in [1.82, 2.24) is 0 Å². The summed E-state index contributed by atoms with van der Waals surface area (Å²) in [6, 6.07) is 5.38. The van der Waals surface area contributed by atoms with Crippen molar-refractivity contribution in [1.29, 1.82) is 5.41 Å². The van der Waals surface area contributed by atoms with Crippen LogP contribution in [0.15, 0.2) is 18.2 Å². The van der Waals surface area contributed by atoms with Gasteiger partial charge < -0.3 is 15.2 Å². The summed E-state index contributed by atoms with van der Waals surface area (Å²) in [5, 5.41) is 7.58. The van der Waals surface area contributed by atoms with Crippen molar-refractivity contribution in [2.24, 2.45) is 11.7 Å². The number of ether oxygens (including phenoxy) is 2. The van der Waals surface area contributed by atoms with Crippen molar-refractivity contribution in [3.05, 3.63) is 23.8 Å². The zero-order valence-electron chi connectivity index (χ0n) is 11.4. The van der Waals surface area contributed by atoms with Gasteiger partial charge in [-0.3, -0.25) is 5.41 Å². The van der Waals surface area contributed by atoms with Crippen molar-refractivity contribution in [2.75, 3.05) is 13.7 Å². The van der Waals surface area contributed by atoms with Gasteiger partial charge in [-0.2, -0.15) is 0 Å². The molecular weight excluding hydrogens is 240 g/mol. The van der Waals surface area contributed by atoms with Crippen LogP contribution in [0.5, 0.6) is 11.5 Å². The van der Waals surface area contributed by atoms with Crippen molar-refractivity contribution >= 4 is 5.84 Å². The highest BCUT2D eigenvalue weighted by Gasteiger charge is 2.15. The van der Waals surface area contributed by atoms with E-state index in [1.165, 1.54) is 32.1 Å². The van der Waals surface area contributed by atoms with E-state index in [1.807, 2.05) is 0 Å². The highest BCUT2D eigenvalue weighted by atomic mass is 16.5. The molecule has 0 unspecified atom stereocenters. The third-order valence-corrected chi connectivity index (χ3v) is 3.68. The van der Waals surface area contributed by atoms with E-state index in [0.717, 1.165) is 5.75 Å². The first-order valence-electron chi connectivity index (χ1n) is 6.86. The first kappa shape index (κ1) is 13.7. The lowest BCUT2D eigenvalue weighted by Crippen LogP contribution is -2.18. The molecule has 0 aromatic heterocycles. The van der Waals surface area contributed by atoms with Crippen LogP contribution in [-0.4, -0.2) is 19.6 Å². The molecule has 0 bridgehead atoms. The van der Waals surface area contributed by atoms with E-state index in [2.05, 4.69) is 0 Å². The summed E-state index contributed by atoms with van der Waals surface area (Å²) in [7, 11) is 1.62. The Balaban J connectivity index is 2.06. The second-order valence-corrected chi connectivity index (χ2v) is 5.09. The Morgan fingerprint density at radius 3 is 2.68 bits per heavy atom. The predicted octanol–water partition coefficient (Wildman–Crippen LogP) is 2.94. The van der Waals surface area contributed by atoms with Crippen molar-refractivity contribution in [3.8, 4) is 11.5 Å². The SMILES string of the molecule is COc1ccc(C(=N)N)c(OCC2CCCCC2)c1. The molecule has 0 saturated heterocycles. The molecule has 0 spiro atoms. The van der Waals surface area contributed by atoms with Gasteiger partial charge in [0.2, 0.25) is 0 Å². The van der Waals surface area contributed by atoms with Crippen molar-refractivity contribution in [3.63, 3.8) is 0 Å². The van der Waals surface area contributed by atoms with Crippen LogP contribution in [0.1, 0.15) is 37.7 Å². The smallest absolute Gasteiger partial charge is 0.133 e. The lowest BCUT2D eigenvalue weighted by Gasteiger charge is -2.22. The lowest BCUT2D eigenvalue weighted by atomic mass is 9.90. The van der Waals surface area contributed by atoms with Crippen LogP contribution in [0.3, 0.4) is 0 Å². The molecule has 1 aliphatic rings. The summed E-state index contributed by atoms with van der Waals surface area (Å²) in [5.74, 6) is 2.03. The second kappa shape index (κ2) is 6.45. The highest BCUT2D eigenvalue weighted by Crippen LogP contribution is 2.28. The monoisotopic (exact) mass is 262 g/mol. The maximum atomic E-state index is 7.58. The standard InChI is InChI=1S/C15H22N2O2/c1-18-12-7-8-13(15(16)17)14(9-12)19-10-11-5-3-2-4-6-11/h7-9,11H,2-6,10H2,1H3,(H3,16,17). The van der Waals surface area contributed by atoms with Crippen molar-refractivity contribution in [2.45, 2.75) is 32.1 Å². The van der Waals surface area contributed by atoms with Gasteiger partial charge in [-0.25, -0.2) is 0 Å². The number of nitrogen functional groups attached to an aromatic ring is 1. The molecule has 1 aromatic carbocycles. The van der Waals surface area contributed by atoms with Gasteiger partial charge in [0.1, 0.15) is 17.3 Å². The topological polar surface area (TPSA) is 68.3 Å². The second-order valence-electron chi connectivity index (χ2n) is 5.09. The molecule has 0 heterocycles. The van der Waals surface area contributed by atoms with Crippen LogP contribution in [0.25, 0.3) is 0 Å². The van der Waals surface area contributed by atoms with Gasteiger partial charge in [0.15, 0.2) is 0 Å². The van der Waals surface area contributed by atoms with E-state index in [-0.39, 0.29) is 5.84 Å². The van der Waals surface area contributed by atoms with E-state index in [0.29, 0.717) is 23.8 Å². The van der Waals surface area contributed by atoms with Gasteiger partial charge in [0, 0.05) is 6.07 Å². The average Bonchev–Trinajstić information content (AvgIpc) is 2.45. The van der Waals surface area contributed by atoms with Gasteiger partial charge in [-0.15, -0.1) is 0 Å². The fourth-order valence-corrected chi connectivity index (χ4v) is 2.53. The van der Waals surface area contributed by atoms with Gasteiger partial charge in [0.05, 0.1) is 19.3 Å². The lowest BCUT2D eigenvalue weighted by molar-refractivity contribution is 0.208. The molecule has 4 nitrogen and oxygen atoms in total. The summed E-state index contributed by atoms with van der Waals surface area (Å²) in [6.07, 6.45) is 6.41. The first-order chi connectivity index (χ1) is 9.20. The summed E-state index contributed by atoms with van der Waals surface area (Å²) in [6.45, 7) is 0.702. The number of nitrogens with one attached hydrogen (secondary N) is 1. The Hall–Kier alpha value is -1.71. The predicted molar refractivity (Wildman–Crippen MR) is 76.1 cm³/mol. The van der Waals surface area contributed by atoms with Gasteiger partial charge in [0.25, 0.3) is 0 Å². The molecule has 104 valence electrons. The molecule has 1 aromatic rings. The minimum atomic E-state index is 0.0290. The number of amidine groups is 1. The fourth-order valence-electron chi connectivity index (χ4n) is 2.53. The molecule has 2 rings (SSSR count). The Morgan fingerprint density at radius 1 is 1.32 bits per heavy atom. The summed E-state index contributed by atoms with van der Waals surface area (Å²) in [4.78, 5) is 0. The Bertz CT molecular complexity index is 440. The minimum absolute atomic E-state index is 0.0290. The third-order valence-electron chi connectivity index (χ3n) is 3.68. The van der Waals surface area contributed by atoms with Crippen LogP contribution in [-0.2, 0) is 0 Å². The number of nitrogens with two attached hydrogens (primary N) is 1. The zero-order valence-corrected chi connectivity index (χ0v) is 11.4. The van der Waals surface area contributed by atoms with Crippen LogP contribution in [0, 0.1) is 11.3 Å². The number of rotatable bonds is 5. The summed E-state index contributed by atoms with van der Waals surface area (Å²) >= 11 is 0. The summed E-state index contributed by atoms with van der Waals surface area (Å²) < 4.78 is 11.1. The van der Waals surface area contributed by atoms with Crippen LogP contribution in [0.2, 0.25) is 0 Å². The molecule has 1 saturated carbocycles. The zero-order chi connectivity index (χ0) is 13.7. The van der Waals surface area contributed by atoms with E-state index in [9.17, 15) is 0 Å². The Morgan fingerprint density at radius 2 is 2.05 bits per heavy atom. The maximum absolute atomic E-state index is 7.58. The molecule has 1 fully saturated rings. The third kappa shape index (κ3) is 3.63. The molecule has 3 N–H and O–H groups in total. The molecule has 0 aliphatic heterocycles. The molecule has 1 aliphatic carbocycles. The Kier molecular flexibility index (Phi) is 4.66. The number of methoxy groups -OCH3 is 1. The van der Waals surface area contributed by atoms with Crippen LogP contribution >= 0.6 is 0 Å². The van der Waals surface area contributed by atoms with E-state index >= 15 is 0 Å². The number of benzene rings is 1. The fraction of sp³-hybridized carbons (Fsp3) is 0.533. The van der Waals surface area contributed by atoms with E-state index < -0.39 is 0 Å². The van der Waals surface area contributed by atoms with Crippen LogP contribution in [0.4, 0.5) is 0 Å². The number of hydrogen-bond donors (Lipinski definition) is 2. The number of hydrogen-bond acceptors (Lipinski definition) is 3. The minimum Gasteiger partial charge on any atom is -0.497 e. The van der Waals surface area contributed by atoms with Gasteiger partial charge in [-0.1, -0.05) is 19.3 Å². The van der Waals surface area contributed by atoms with Gasteiger partial charge >= 0.3 is 0 Å².